The third-order valence-corrected chi connectivity index (χ3v) is 4.51. The van der Waals surface area contributed by atoms with E-state index >= 15 is 0 Å². The van der Waals surface area contributed by atoms with Gasteiger partial charge < -0.3 is 4.52 Å². The van der Waals surface area contributed by atoms with E-state index in [1.807, 2.05) is 0 Å². The van der Waals surface area contributed by atoms with E-state index in [-0.39, 0.29) is 5.91 Å². The Morgan fingerprint density at radius 2 is 2.04 bits per heavy atom. The van der Waals surface area contributed by atoms with E-state index in [0.29, 0.717) is 28.3 Å². The molecule has 0 radical (unpaired) electrons. The smallest absolute Gasteiger partial charge is 0.257 e. The van der Waals surface area contributed by atoms with Crippen molar-refractivity contribution in [2.75, 3.05) is 5.32 Å². The lowest BCUT2D eigenvalue weighted by Gasteiger charge is -2.01. The summed E-state index contributed by atoms with van der Waals surface area (Å²) in [5, 5.41) is 16.2. The molecule has 1 N–H and O–H groups in total. The van der Waals surface area contributed by atoms with Crippen LogP contribution < -0.4 is 5.32 Å². The maximum absolute atomic E-state index is 12.2. The number of carbonyl (C=O) groups excluding carboxylic acids is 1. The molecule has 0 saturated heterocycles. The summed E-state index contributed by atoms with van der Waals surface area (Å²) in [6.45, 7) is 1.76. The first-order valence-electron chi connectivity index (χ1n) is 7.24. The molecule has 8 heteroatoms. The third kappa shape index (κ3) is 2.98. The van der Waals surface area contributed by atoms with E-state index in [4.69, 9.17) is 4.52 Å². The fourth-order valence-corrected chi connectivity index (χ4v) is 3.04. The van der Waals surface area contributed by atoms with Crippen LogP contribution in [0.2, 0.25) is 0 Å². The molecule has 1 aliphatic rings. The van der Waals surface area contributed by atoms with Gasteiger partial charge in [0.05, 0.1) is 0 Å². The SMILES string of the molecule is Cc1noc(-c2ccc(C(=O)Nc3nnc(C4CC4)s3)cc2)n1. The van der Waals surface area contributed by atoms with Gasteiger partial charge in [-0.15, -0.1) is 10.2 Å². The van der Waals surface area contributed by atoms with E-state index in [1.54, 1.807) is 31.2 Å². The van der Waals surface area contributed by atoms with E-state index in [0.717, 1.165) is 10.6 Å². The third-order valence-electron chi connectivity index (χ3n) is 3.51. The molecule has 116 valence electrons. The zero-order valence-corrected chi connectivity index (χ0v) is 13.1. The predicted octanol–water partition coefficient (Wildman–Crippen LogP) is 3.03. The molecule has 0 atom stereocenters. The van der Waals surface area contributed by atoms with Gasteiger partial charge in [-0.2, -0.15) is 4.98 Å². The number of aromatic nitrogens is 4. The van der Waals surface area contributed by atoms with E-state index in [2.05, 4.69) is 25.7 Å². The maximum Gasteiger partial charge on any atom is 0.257 e. The zero-order valence-electron chi connectivity index (χ0n) is 12.3. The highest BCUT2D eigenvalue weighted by Crippen LogP contribution is 2.42. The zero-order chi connectivity index (χ0) is 15.8. The predicted molar refractivity (Wildman–Crippen MR) is 84.3 cm³/mol. The fourth-order valence-electron chi connectivity index (χ4n) is 2.13. The van der Waals surface area contributed by atoms with Crippen LogP contribution in [0.3, 0.4) is 0 Å². The minimum atomic E-state index is -0.211. The lowest BCUT2D eigenvalue weighted by Crippen LogP contribution is -2.11. The Labute approximate surface area is 135 Å². The molecule has 1 aliphatic carbocycles. The summed E-state index contributed by atoms with van der Waals surface area (Å²) in [5.41, 5.74) is 1.31. The molecule has 1 fully saturated rings. The van der Waals surface area contributed by atoms with E-state index < -0.39 is 0 Å². The average Bonchev–Trinajstić information content (AvgIpc) is 3.16. The molecule has 0 spiro atoms. The highest BCUT2D eigenvalue weighted by Gasteiger charge is 2.27. The number of nitrogens with one attached hydrogen (secondary N) is 1. The Bertz CT molecular complexity index is 851. The molecule has 2 heterocycles. The van der Waals surface area contributed by atoms with Gasteiger partial charge in [0, 0.05) is 17.0 Å². The van der Waals surface area contributed by atoms with Crippen molar-refractivity contribution in [3.05, 3.63) is 40.7 Å². The standard InChI is InChI=1S/C15H13N5O2S/c1-8-16-13(22-20-8)10-4-2-9(3-5-10)12(21)17-15-19-18-14(23-15)11-6-7-11/h2-5,11H,6-7H2,1H3,(H,17,19,21). The first kappa shape index (κ1) is 14.0. The Kier molecular flexibility index (Phi) is 3.38. The number of benzene rings is 1. The number of hydrogen-bond acceptors (Lipinski definition) is 7. The molecule has 1 amide bonds. The highest BCUT2D eigenvalue weighted by molar-refractivity contribution is 7.15. The number of hydrogen-bond donors (Lipinski definition) is 1. The first-order valence-corrected chi connectivity index (χ1v) is 8.06. The van der Waals surface area contributed by atoms with Crippen LogP contribution in [-0.2, 0) is 0 Å². The number of carbonyl (C=O) groups is 1. The molecule has 2 aromatic heterocycles. The number of nitrogens with zero attached hydrogens (tertiary/aromatic N) is 4. The minimum absolute atomic E-state index is 0.211. The molecular weight excluding hydrogens is 314 g/mol. The van der Waals surface area contributed by atoms with Crippen molar-refractivity contribution in [1.29, 1.82) is 0 Å². The summed E-state index contributed by atoms with van der Waals surface area (Å²) in [6, 6.07) is 6.98. The van der Waals surface area contributed by atoms with E-state index in [9.17, 15) is 4.79 Å². The molecule has 0 bridgehead atoms. The van der Waals surface area contributed by atoms with Crippen LogP contribution in [0.4, 0.5) is 5.13 Å². The van der Waals surface area contributed by atoms with Gasteiger partial charge in [-0.3, -0.25) is 10.1 Å². The second-order valence-corrected chi connectivity index (χ2v) is 6.41. The number of aryl methyl sites for hydroxylation is 1. The minimum Gasteiger partial charge on any atom is -0.334 e. The fraction of sp³-hybridized carbons (Fsp3) is 0.267. The molecule has 1 aromatic carbocycles. The summed E-state index contributed by atoms with van der Waals surface area (Å²) in [4.78, 5) is 16.4. The summed E-state index contributed by atoms with van der Waals surface area (Å²) in [6.07, 6.45) is 2.33. The Balaban J connectivity index is 1.47. The molecule has 3 aromatic rings. The van der Waals surface area contributed by atoms with Gasteiger partial charge in [-0.1, -0.05) is 16.5 Å². The van der Waals surface area contributed by atoms with Crippen molar-refractivity contribution in [3.63, 3.8) is 0 Å². The van der Waals surface area contributed by atoms with Gasteiger partial charge in [-0.25, -0.2) is 0 Å². The molecule has 23 heavy (non-hydrogen) atoms. The Hall–Kier alpha value is -2.61. The molecule has 7 nitrogen and oxygen atoms in total. The highest BCUT2D eigenvalue weighted by atomic mass is 32.1. The van der Waals surface area contributed by atoms with Crippen molar-refractivity contribution >= 4 is 22.4 Å². The molecular formula is C15H13N5O2S. The van der Waals surface area contributed by atoms with Crippen molar-refractivity contribution < 1.29 is 9.32 Å². The van der Waals surface area contributed by atoms with E-state index in [1.165, 1.54) is 24.2 Å². The summed E-state index contributed by atoms with van der Waals surface area (Å²) >= 11 is 1.44. The summed E-state index contributed by atoms with van der Waals surface area (Å²) in [5.74, 6) is 1.34. The topological polar surface area (TPSA) is 93.8 Å². The van der Waals surface area contributed by atoms with Crippen LogP contribution >= 0.6 is 11.3 Å². The normalized spacial score (nSPS) is 14.0. The summed E-state index contributed by atoms with van der Waals surface area (Å²) < 4.78 is 5.10. The van der Waals surface area contributed by atoms with Crippen LogP contribution in [0.1, 0.15) is 39.9 Å². The van der Waals surface area contributed by atoms with Crippen LogP contribution in [0.5, 0.6) is 0 Å². The monoisotopic (exact) mass is 327 g/mol. The molecule has 1 saturated carbocycles. The molecule has 4 rings (SSSR count). The van der Waals surface area contributed by atoms with Crippen molar-refractivity contribution in [2.24, 2.45) is 0 Å². The van der Waals surface area contributed by atoms with Crippen LogP contribution in [0, 0.1) is 6.92 Å². The second kappa shape index (κ2) is 5.54. The summed E-state index contributed by atoms with van der Waals surface area (Å²) in [7, 11) is 0. The van der Waals surface area contributed by atoms with Gasteiger partial charge in [-0.05, 0) is 44.0 Å². The van der Waals surface area contributed by atoms with Crippen LogP contribution in [-0.4, -0.2) is 26.2 Å². The van der Waals surface area contributed by atoms with Crippen molar-refractivity contribution in [3.8, 4) is 11.5 Å². The average molecular weight is 327 g/mol. The van der Waals surface area contributed by atoms with Gasteiger partial charge in [0.2, 0.25) is 5.13 Å². The quantitative estimate of drug-likeness (QED) is 0.791. The first-order chi connectivity index (χ1) is 11.2. The second-order valence-electron chi connectivity index (χ2n) is 5.40. The molecule has 0 aliphatic heterocycles. The molecule has 0 unspecified atom stereocenters. The van der Waals surface area contributed by atoms with Gasteiger partial charge >= 0.3 is 0 Å². The van der Waals surface area contributed by atoms with Crippen molar-refractivity contribution in [1.82, 2.24) is 20.3 Å². The number of rotatable bonds is 4. The lowest BCUT2D eigenvalue weighted by atomic mass is 10.1. The lowest BCUT2D eigenvalue weighted by molar-refractivity contribution is 0.102. The van der Waals surface area contributed by atoms with Crippen molar-refractivity contribution in [2.45, 2.75) is 25.7 Å². The Morgan fingerprint density at radius 3 is 2.70 bits per heavy atom. The maximum atomic E-state index is 12.2. The number of anilines is 1. The van der Waals surface area contributed by atoms with Gasteiger partial charge in [0.1, 0.15) is 5.01 Å². The van der Waals surface area contributed by atoms with Crippen LogP contribution in [0.25, 0.3) is 11.5 Å². The number of amides is 1. The van der Waals surface area contributed by atoms with Gasteiger partial charge in [0.25, 0.3) is 11.8 Å². The Morgan fingerprint density at radius 1 is 1.26 bits per heavy atom. The van der Waals surface area contributed by atoms with Crippen LogP contribution in [0.15, 0.2) is 28.8 Å². The van der Waals surface area contributed by atoms with Gasteiger partial charge in [0.15, 0.2) is 5.82 Å². The largest absolute Gasteiger partial charge is 0.334 e.